The van der Waals surface area contributed by atoms with Crippen molar-refractivity contribution in [3.63, 3.8) is 0 Å². The Morgan fingerprint density at radius 1 is 1.29 bits per heavy atom. The summed E-state index contributed by atoms with van der Waals surface area (Å²) in [5, 5.41) is 9.61. The van der Waals surface area contributed by atoms with Crippen LogP contribution in [-0.4, -0.2) is 40.9 Å². The van der Waals surface area contributed by atoms with Gasteiger partial charge in [-0.25, -0.2) is 4.39 Å². The number of nitrogens with zero attached hydrogens (tertiary/aromatic N) is 2. The van der Waals surface area contributed by atoms with Crippen LogP contribution in [0, 0.1) is 5.82 Å². The highest BCUT2D eigenvalue weighted by Crippen LogP contribution is 2.18. The van der Waals surface area contributed by atoms with Crippen molar-refractivity contribution >= 4 is 5.78 Å². The summed E-state index contributed by atoms with van der Waals surface area (Å²) >= 11 is 0. The molecule has 0 aliphatic heterocycles. The van der Waals surface area contributed by atoms with E-state index in [0.717, 1.165) is 24.1 Å². The first-order chi connectivity index (χ1) is 10.1. The Balaban J connectivity index is 1.91. The minimum absolute atomic E-state index is 0.0192. The molecule has 0 amide bonds. The van der Waals surface area contributed by atoms with E-state index < -0.39 is 5.82 Å². The molecule has 0 bridgehead atoms. The third-order valence-electron chi connectivity index (χ3n) is 3.20. The van der Waals surface area contributed by atoms with E-state index in [0.29, 0.717) is 6.54 Å². The SMILES string of the molecule is CN(CCc1ccncc1)CC(=O)c1cc(F)ccc1O. The second kappa shape index (κ2) is 6.95. The van der Waals surface area contributed by atoms with Gasteiger partial charge in [-0.3, -0.25) is 14.7 Å². The summed E-state index contributed by atoms with van der Waals surface area (Å²) in [6.45, 7) is 0.813. The fraction of sp³-hybridized carbons (Fsp3) is 0.250. The largest absolute Gasteiger partial charge is 0.507 e. The molecule has 1 N–H and O–H groups in total. The number of hydrogen-bond acceptors (Lipinski definition) is 4. The molecule has 2 rings (SSSR count). The number of phenols is 1. The lowest BCUT2D eigenvalue weighted by Crippen LogP contribution is -2.28. The molecule has 1 heterocycles. The number of rotatable bonds is 6. The van der Waals surface area contributed by atoms with E-state index in [1.807, 2.05) is 24.1 Å². The number of aromatic hydroxyl groups is 1. The van der Waals surface area contributed by atoms with Crippen molar-refractivity contribution < 1.29 is 14.3 Å². The van der Waals surface area contributed by atoms with Crippen LogP contribution in [0.15, 0.2) is 42.7 Å². The highest BCUT2D eigenvalue weighted by Gasteiger charge is 2.14. The summed E-state index contributed by atoms with van der Waals surface area (Å²) in [6.07, 6.45) is 4.25. The van der Waals surface area contributed by atoms with Crippen molar-refractivity contribution in [1.82, 2.24) is 9.88 Å². The van der Waals surface area contributed by atoms with E-state index in [1.165, 1.54) is 6.07 Å². The molecule has 21 heavy (non-hydrogen) atoms. The smallest absolute Gasteiger partial charge is 0.180 e. The minimum Gasteiger partial charge on any atom is -0.507 e. The van der Waals surface area contributed by atoms with Gasteiger partial charge in [0.2, 0.25) is 0 Å². The van der Waals surface area contributed by atoms with E-state index in [9.17, 15) is 14.3 Å². The van der Waals surface area contributed by atoms with Crippen molar-refractivity contribution in [2.45, 2.75) is 6.42 Å². The molecule has 2 aromatic rings. The van der Waals surface area contributed by atoms with Gasteiger partial charge in [0.05, 0.1) is 12.1 Å². The summed E-state index contributed by atoms with van der Waals surface area (Å²) in [7, 11) is 1.81. The van der Waals surface area contributed by atoms with Crippen LogP contribution in [-0.2, 0) is 6.42 Å². The summed E-state index contributed by atoms with van der Waals surface area (Å²) in [6, 6.07) is 7.23. The van der Waals surface area contributed by atoms with Crippen LogP contribution in [0.1, 0.15) is 15.9 Å². The Kier molecular flexibility index (Phi) is 5.00. The molecule has 0 fully saturated rings. The maximum Gasteiger partial charge on any atom is 0.180 e. The number of pyridine rings is 1. The molecular weight excluding hydrogens is 271 g/mol. The predicted molar refractivity (Wildman–Crippen MR) is 77.8 cm³/mol. The zero-order chi connectivity index (χ0) is 15.2. The Hall–Kier alpha value is -2.27. The first kappa shape index (κ1) is 15.1. The highest BCUT2D eigenvalue weighted by molar-refractivity contribution is 5.99. The number of Topliss-reactive ketones (excluding diaryl/α,β-unsaturated/α-hetero) is 1. The van der Waals surface area contributed by atoms with Gasteiger partial charge in [-0.15, -0.1) is 0 Å². The predicted octanol–water partition coefficient (Wildman–Crippen LogP) is 2.28. The van der Waals surface area contributed by atoms with Gasteiger partial charge in [-0.05, 0) is 49.4 Å². The summed E-state index contributed by atoms with van der Waals surface area (Å²) < 4.78 is 13.1. The quantitative estimate of drug-likeness (QED) is 0.829. The first-order valence-electron chi connectivity index (χ1n) is 6.65. The number of benzene rings is 1. The highest BCUT2D eigenvalue weighted by atomic mass is 19.1. The molecule has 0 atom stereocenters. The number of aromatic nitrogens is 1. The van der Waals surface area contributed by atoms with Gasteiger partial charge in [-0.1, -0.05) is 0 Å². The van der Waals surface area contributed by atoms with Crippen LogP contribution in [0.2, 0.25) is 0 Å². The zero-order valence-electron chi connectivity index (χ0n) is 11.8. The molecule has 0 saturated carbocycles. The van der Waals surface area contributed by atoms with Crippen LogP contribution in [0.3, 0.4) is 0 Å². The standard InChI is InChI=1S/C16H17FN2O2/c1-19(9-6-12-4-7-18-8-5-12)11-16(21)14-10-13(17)2-3-15(14)20/h2-5,7-8,10,20H,6,9,11H2,1H3. The molecule has 1 aromatic carbocycles. The number of ketones is 1. The molecule has 0 spiro atoms. The number of carbonyl (C=O) groups is 1. The lowest BCUT2D eigenvalue weighted by Gasteiger charge is -2.16. The zero-order valence-corrected chi connectivity index (χ0v) is 11.8. The fourth-order valence-electron chi connectivity index (χ4n) is 2.01. The molecule has 1 aromatic heterocycles. The van der Waals surface area contributed by atoms with Gasteiger partial charge < -0.3 is 5.11 Å². The van der Waals surface area contributed by atoms with Crippen LogP contribution in [0.5, 0.6) is 5.75 Å². The van der Waals surface area contributed by atoms with Crippen LogP contribution in [0.25, 0.3) is 0 Å². The van der Waals surface area contributed by atoms with Crippen molar-refractivity contribution in [3.8, 4) is 5.75 Å². The van der Waals surface area contributed by atoms with Crippen LogP contribution >= 0.6 is 0 Å². The second-order valence-electron chi connectivity index (χ2n) is 4.93. The van der Waals surface area contributed by atoms with Crippen LogP contribution in [0.4, 0.5) is 4.39 Å². The topological polar surface area (TPSA) is 53.4 Å². The van der Waals surface area contributed by atoms with Crippen molar-refractivity contribution in [2.24, 2.45) is 0 Å². The Morgan fingerprint density at radius 3 is 2.71 bits per heavy atom. The first-order valence-corrected chi connectivity index (χ1v) is 6.65. The van der Waals surface area contributed by atoms with E-state index >= 15 is 0 Å². The molecule has 0 radical (unpaired) electrons. The number of hydrogen-bond donors (Lipinski definition) is 1. The van der Waals surface area contributed by atoms with Gasteiger partial charge in [0, 0.05) is 18.9 Å². The summed E-state index contributed by atoms with van der Waals surface area (Å²) in [5.41, 5.74) is 1.16. The normalized spacial score (nSPS) is 10.8. The Labute approximate surface area is 122 Å². The van der Waals surface area contributed by atoms with Crippen molar-refractivity contribution in [3.05, 3.63) is 59.7 Å². The number of carbonyl (C=O) groups excluding carboxylic acids is 1. The molecule has 0 saturated heterocycles. The lowest BCUT2D eigenvalue weighted by atomic mass is 10.1. The maximum absolute atomic E-state index is 13.1. The van der Waals surface area contributed by atoms with Crippen molar-refractivity contribution in [1.29, 1.82) is 0 Å². The molecular formula is C16H17FN2O2. The van der Waals surface area contributed by atoms with Gasteiger partial charge in [0.15, 0.2) is 5.78 Å². The Morgan fingerprint density at radius 2 is 2.00 bits per heavy atom. The van der Waals surface area contributed by atoms with Gasteiger partial charge >= 0.3 is 0 Å². The Bertz CT molecular complexity index is 617. The van der Waals surface area contributed by atoms with Gasteiger partial charge in [-0.2, -0.15) is 0 Å². The molecule has 0 aliphatic rings. The van der Waals surface area contributed by atoms with E-state index in [4.69, 9.17) is 0 Å². The number of halogens is 1. The van der Waals surface area contributed by atoms with Crippen LogP contribution < -0.4 is 0 Å². The summed E-state index contributed by atoms with van der Waals surface area (Å²) in [4.78, 5) is 17.8. The summed E-state index contributed by atoms with van der Waals surface area (Å²) in [5.74, 6) is -1.02. The average Bonchev–Trinajstić information content (AvgIpc) is 2.48. The van der Waals surface area contributed by atoms with E-state index in [-0.39, 0.29) is 23.6 Å². The molecule has 110 valence electrons. The third kappa shape index (κ3) is 4.36. The second-order valence-corrected chi connectivity index (χ2v) is 4.93. The molecule has 0 aliphatic carbocycles. The van der Waals surface area contributed by atoms with Gasteiger partial charge in [0.1, 0.15) is 11.6 Å². The fourth-order valence-corrected chi connectivity index (χ4v) is 2.01. The van der Waals surface area contributed by atoms with Gasteiger partial charge in [0.25, 0.3) is 0 Å². The molecule has 0 unspecified atom stereocenters. The van der Waals surface area contributed by atoms with Crippen molar-refractivity contribution in [2.75, 3.05) is 20.1 Å². The minimum atomic E-state index is -0.532. The molecule has 4 nitrogen and oxygen atoms in total. The van der Waals surface area contributed by atoms with E-state index in [1.54, 1.807) is 12.4 Å². The number of phenolic OH excluding ortho intramolecular Hbond substituents is 1. The number of likely N-dealkylation sites (N-methyl/N-ethyl adjacent to an activating group) is 1. The average molecular weight is 288 g/mol. The van der Waals surface area contributed by atoms with E-state index in [2.05, 4.69) is 4.98 Å². The maximum atomic E-state index is 13.1. The lowest BCUT2D eigenvalue weighted by molar-refractivity contribution is 0.0943. The third-order valence-corrected chi connectivity index (χ3v) is 3.20. The monoisotopic (exact) mass is 288 g/mol. The molecule has 5 heteroatoms.